The molecule has 2 heteroatoms. The van der Waals surface area contributed by atoms with Crippen LogP contribution in [0.15, 0.2) is 60.3 Å². The van der Waals surface area contributed by atoms with Gasteiger partial charge in [-0.3, -0.25) is 4.57 Å². The Morgan fingerprint density at radius 3 is 2.55 bits per heavy atom. The molecule has 2 aromatic rings. The first-order chi connectivity index (χ1) is 9.75. The minimum Gasteiger partial charge on any atom is -0.289 e. The van der Waals surface area contributed by atoms with Gasteiger partial charge in [-0.2, -0.15) is 4.58 Å². The standard InChI is InChI=1S/C18H17N2/c1-13-8-10-16-18(15-6-4-3-5-7-15)17-11-9-14(2)20(17)12-19(13)16/h3-11H,12H2,1-2H3/q+1. The Morgan fingerprint density at radius 1 is 0.950 bits per heavy atom. The van der Waals surface area contributed by atoms with Crippen LogP contribution in [0.4, 0.5) is 0 Å². The molecular weight excluding hydrogens is 244 g/mol. The summed E-state index contributed by atoms with van der Waals surface area (Å²) in [6.45, 7) is 5.27. The zero-order valence-electron chi connectivity index (χ0n) is 11.8. The third kappa shape index (κ3) is 1.48. The van der Waals surface area contributed by atoms with Gasteiger partial charge in [0.25, 0.3) is 0 Å². The predicted molar refractivity (Wildman–Crippen MR) is 81.7 cm³/mol. The smallest absolute Gasteiger partial charge is 0.228 e. The molecule has 0 spiro atoms. The molecule has 0 bridgehead atoms. The van der Waals surface area contributed by atoms with E-state index >= 15 is 0 Å². The minimum absolute atomic E-state index is 0.915. The first kappa shape index (κ1) is 11.5. The fourth-order valence-electron chi connectivity index (χ4n) is 3.12. The Bertz CT molecular complexity index is 786. The van der Waals surface area contributed by atoms with Gasteiger partial charge in [-0.05, 0) is 24.6 Å². The maximum atomic E-state index is 2.39. The fourth-order valence-corrected chi connectivity index (χ4v) is 3.12. The van der Waals surface area contributed by atoms with Crippen LogP contribution in [0.5, 0.6) is 0 Å². The molecule has 2 aliphatic rings. The predicted octanol–water partition coefficient (Wildman–Crippen LogP) is 3.57. The van der Waals surface area contributed by atoms with E-state index in [1.807, 2.05) is 0 Å². The number of aryl methyl sites for hydroxylation is 1. The lowest BCUT2D eigenvalue weighted by Crippen LogP contribution is -2.25. The summed E-state index contributed by atoms with van der Waals surface area (Å²) >= 11 is 0. The fraction of sp³-hybridized carbons (Fsp3) is 0.167. The molecule has 3 heterocycles. The van der Waals surface area contributed by atoms with E-state index < -0.39 is 0 Å². The molecule has 20 heavy (non-hydrogen) atoms. The molecule has 0 atom stereocenters. The van der Waals surface area contributed by atoms with E-state index in [-0.39, 0.29) is 0 Å². The van der Waals surface area contributed by atoms with E-state index in [1.165, 1.54) is 33.9 Å². The number of rotatable bonds is 1. The van der Waals surface area contributed by atoms with E-state index in [9.17, 15) is 0 Å². The molecule has 1 aromatic heterocycles. The Labute approximate surface area is 119 Å². The van der Waals surface area contributed by atoms with Crippen LogP contribution in [-0.2, 0) is 6.67 Å². The molecule has 0 radical (unpaired) electrons. The van der Waals surface area contributed by atoms with Crippen molar-refractivity contribution in [2.24, 2.45) is 0 Å². The monoisotopic (exact) mass is 261 g/mol. The van der Waals surface area contributed by atoms with Crippen LogP contribution in [0.2, 0.25) is 0 Å². The van der Waals surface area contributed by atoms with Crippen LogP contribution in [0.3, 0.4) is 0 Å². The Hall–Kier alpha value is -2.35. The average molecular weight is 261 g/mol. The van der Waals surface area contributed by atoms with Crippen LogP contribution in [0.1, 0.15) is 23.9 Å². The number of allylic oxidation sites excluding steroid dienone is 2. The number of hydrogen-bond donors (Lipinski definition) is 0. The molecule has 0 aliphatic carbocycles. The van der Waals surface area contributed by atoms with E-state index in [2.05, 4.69) is 77.6 Å². The summed E-state index contributed by atoms with van der Waals surface area (Å²) in [5, 5.41) is 0. The van der Waals surface area contributed by atoms with Gasteiger partial charge in [0.2, 0.25) is 12.4 Å². The molecule has 2 aliphatic heterocycles. The molecular formula is C18H17N2+. The summed E-state index contributed by atoms with van der Waals surface area (Å²) in [6.07, 6.45) is 4.45. The largest absolute Gasteiger partial charge is 0.289 e. The molecule has 0 unspecified atom stereocenters. The minimum atomic E-state index is 0.915. The zero-order valence-corrected chi connectivity index (χ0v) is 11.8. The van der Waals surface area contributed by atoms with Crippen molar-refractivity contribution in [3.63, 3.8) is 0 Å². The maximum Gasteiger partial charge on any atom is 0.228 e. The highest BCUT2D eigenvalue weighted by Crippen LogP contribution is 2.34. The van der Waals surface area contributed by atoms with Crippen LogP contribution in [0, 0.1) is 6.92 Å². The third-order valence-electron chi connectivity index (χ3n) is 4.26. The Morgan fingerprint density at radius 2 is 1.75 bits per heavy atom. The van der Waals surface area contributed by atoms with Crippen molar-refractivity contribution in [2.45, 2.75) is 20.5 Å². The lowest BCUT2D eigenvalue weighted by Gasteiger charge is -2.19. The lowest BCUT2D eigenvalue weighted by molar-refractivity contribution is -0.505. The summed E-state index contributed by atoms with van der Waals surface area (Å²) in [6, 6.07) is 15.1. The van der Waals surface area contributed by atoms with Gasteiger partial charge in [0.05, 0.1) is 11.3 Å². The number of fused-ring (bicyclic) bond motifs is 2. The first-order valence-electron chi connectivity index (χ1n) is 7.01. The topological polar surface area (TPSA) is 7.94 Å². The van der Waals surface area contributed by atoms with E-state index in [0.29, 0.717) is 0 Å². The highest BCUT2D eigenvalue weighted by molar-refractivity contribution is 5.94. The van der Waals surface area contributed by atoms with Gasteiger partial charge in [0.15, 0.2) is 5.71 Å². The average Bonchev–Trinajstić information content (AvgIpc) is 3.03. The van der Waals surface area contributed by atoms with Crippen molar-refractivity contribution in [2.75, 3.05) is 0 Å². The zero-order chi connectivity index (χ0) is 13.7. The van der Waals surface area contributed by atoms with Gasteiger partial charge < -0.3 is 0 Å². The van der Waals surface area contributed by atoms with Crippen molar-refractivity contribution in [3.05, 3.63) is 77.3 Å². The second-order valence-corrected chi connectivity index (χ2v) is 5.46. The van der Waals surface area contributed by atoms with Gasteiger partial charge in [-0.15, -0.1) is 0 Å². The van der Waals surface area contributed by atoms with Crippen molar-refractivity contribution < 1.29 is 4.58 Å². The second-order valence-electron chi connectivity index (χ2n) is 5.46. The molecule has 0 fully saturated rings. The molecule has 0 saturated carbocycles. The summed E-state index contributed by atoms with van der Waals surface area (Å²) in [4.78, 5) is 0. The number of hydrogen-bond acceptors (Lipinski definition) is 0. The lowest BCUT2D eigenvalue weighted by atomic mass is 9.99. The van der Waals surface area contributed by atoms with Crippen molar-refractivity contribution in [3.8, 4) is 0 Å². The molecule has 4 rings (SSSR count). The number of aromatic nitrogens is 1. The molecule has 0 N–H and O–H groups in total. The summed E-state index contributed by atoms with van der Waals surface area (Å²) < 4.78 is 4.78. The first-order valence-corrected chi connectivity index (χ1v) is 7.01. The number of benzene rings is 1. The summed E-state index contributed by atoms with van der Waals surface area (Å²) in [7, 11) is 0. The van der Waals surface area contributed by atoms with Crippen LogP contribution in [-0.4, -0.2) is 14.9 Å². The van der Waals surface area contributed by atoms with E-state index in [4.69, 9.17) is 0 Å². The Kier molecular flexibility index (Phi) is 2.34. The molecule has 0 saturated heterocycles. The summed E-state index contributed by atoms with van der Waals surface area (Å²) in [5.74, 6) is 0. The van der Waals surface area contributed by atoms with Gasteiger partial charge in [-0.25, -0.2) is 0 Å². The van der Waals surface area contributed by atoms with Crippen molar-refractivity contribution >= 4 is 11.3 Å². The van der Waals surface area contributed by atoms with Gasteiger partial charge in [0, 0.05) is 24.8 Å². The highest BCUT2D eigenvalue weighted by Gasteiger charge is 2.32. The quantitative estimate of drug-likeness (QED) is 0.693. The van der Waals surface area contributed by atoms with Crippen LogP contribution < -0.4 is 0 Å². The van der Waals surface area contributed by atoms with Crippen molar-refractivity contribution in [1.82, 2.24) is 4.57 Å². The second kappa shape index (κ2) is 4.07. The maximum absolute atomic E-state index is 2.39. The molecule has 1 aromatic carbocycles. The third-order valence-corrected chi connectivity index (χ3v) is 4.26. The molecule has 0 amide bonds. The molecule has 2 nitrogen and oxygen atoms in total. The van der Waals surface area contributed by atoms with E-state index in [1.54, 1.807) is 0 Å². The van der Waals surface area contributed by atoms with E-state index in [0.717, 1.165) is 6.67 Å². The highest BCUT2D eigenvalue weighted by atomic mass is 15.2. The number of nitrogens with zero attached hydrogens (tertiary/aromatic N) is 2. The normalized spacial score (nSPS) is 16.7. The molecule has 98 valence electrons. The van der Waals surface area contributed by atoms with Crippen LogP contribution in [0.25, 0.3) is 5.57 Å². The van der Waals surface area contributed by atoms with Gasteiger partial charge in [0.1, 0.15) is 0 Å². The van der Waals surface area contributed by atoms with Crippen LogP contribution >= 0.6 is 0 Å². The van der Waals surface area contributed by atoms with Crippen molar-refractivity contribution in [1.29, 1.82) is 0 Å². The Balaban J connectivity index is 2.06. The SMILES string of the molecule is CC1=[N+]2Cn3c(C)ccc3C(c3ccccc3)=C2C=C1. The summed E-state index contributed by atoms with van der Waals surface area (Å²) in [5.41, 5.74) is 7.88. The van der Waals surface area contributed by atoms with Gasteiger partial charge >= 0.3 is 0 Å². The van der Waals surface area contributed by atoms with Gasteiger partial charge in [-0.1, -0.05) is 30.3 Å².